The van der Waals surface area contributed by atoms with Gasteiger partial charge in [0.05, 0.1) is 0 Å². The van der Waals surface area contributed by atoms with Crippen molar-refractivity contribution in [2.45, 2.75) is 58.2 Å². The third-order valence-electron chi connectivity index (χ3n) is 3.08. The highest BCUT2D eigenvalue weighted by Crippen LogP contribution is 2.40. The molecule has 0 aliphatic carbocycles. The van der Waals surface area contributed by atoms with Gasteiger partial charge >= 0.3 is 0 Å². The van der Waals surface area contributed by atoms with E-state index >= 15 is 0 Å². The van der Waals surface area contributed by atoms with E-state index in [1.54, 1.807) is 0 Å². The van der Waals surface area contributed by atoms with Gasteiger partial charge in [0.2, 0.25) is 0 Å². The molecule has 0 spiro atoms. The van der Waals surface area contributed by atoms with Gasteiger partial charge < -0.3 is 0 Å². The van der Waals surface area contributed by atoms with E-state index in [-0.39, 0.29) is 0 Å². The Morgan fingerprint density at radius 1 is 1.00 bits per heavy atom. The molecule has 0 N–H and O–H groups in total. The molecule has 70 valence electrons. The molecule has 0 aromatic carbocycles. The van der Waals surface area contributed by atoms with E-state index in [4.69, 9.17) is 1.37 Å². The number of rotatable bonds is 3. The normalized spacial score (nSPS) is 13.2. The summed E-state index contributed by atoms with van der Waals surface area (Å²) < 4.78 is 7.11. The zero-order chi connectivity index (χ0) is 10.6. The molecule has 0 unspecified atom stereocenters. The van der Waals surface area contributed by atoms with Crippen molar-refractivity contribution >= 4 is 8.07 Å². The molecule has 0 heterocycles. The maximum Gasteiger partial charge on any atom is 0.145 e. The van der Waals surface area contributed by atoms with Crippen LogP contribution in [0.3, 0.4) is 0 Å². The van der Waals surface area contributed by atoms with Crippen LogP contribution in [-0.4, -0.2) is 8.07 Å². The van der Waals surface area contributed by atoms with Crippen LogP contribution in [0.1, 0.15) is 42.9 Å². The summed E-state index contributed by atoms with van der Waals surface area (Å²) in [6, 6.07) is 0. The minimum Gasteiger partial charge on any atom is -0.134 e. The van der Waals surface area contributed by atoms with Gasteiger partial charge in [-0.1, -0.05) is 41.5 Å². The molecule has 0 fully saturated rings. The summed E-state index contributed by atoms with van der Waals surface area (Å²) in [5.74, 6) is 0. The lowest BCUT2D eigenvalue weighted by atomic mass is 10.5. The summed E-state index contributed by atoms with van der Waals surface area (Å²) >= 11 is 0. The fourth-order valence-corrected chi connectivity index (χ4v) is 7.30. The first-order valence-electron chi connectivity index (χ1n) is 5.33. The monoisotopic (exact) mass is 183 g/mol. The maximum absolute atomic E-state index is 7.11. The summed E-state index contributed by atoms with van der Waals surface area (Å²) in [6.45, 7) is 13.6. The molecule has 0 amide bonds. The molecule has 0 atom stereocenters. The molecule has 1 heteroatoms. The van der Waals surface area contributed by atoms with E-state index in [2.05, 4.69) is 53.5 Å². The fraction of sp³-hybridized carbons (Fsp3) is 0.818. The van der Waals surface area contributed by atoms with E-state index in [9.17, 15) is 0 Å². The van der Waals surface area contributed by atoms with Gasteiger partial charge in [0.25, 0.3) is 0 Å². The average molecular weight is 183 g/mol. The SMILES string of the molecule is [2H]C#C[Si](C(C)C)(C(C)C)C(C)C. The largest absolute Gasteiger partial charge is 0.145 e. The Labute approximate surface area is 80.2 Å². The first kappa shape index (κ1) is 9.86. The summed E-state index contributed by atoms with van der Waals surface area (Å²) in [5, 5.41) is 0. The van der Waals surface area contributed by atoms with Gasteiger partial charge in [-0.25, -0.2) is 0 Å². The van der Waals surface area contributed by atoms with Crippen LogP contribution in [0.2, 0.25) is 16.6 Å². The predicted octanol–water partition coefficient (Wildman–Crippen LogP) is 3.84. The highest BCUT2D eigenvalue weighted by atomic mass is 28.3. The lowest BCUT2D eigenvalue weighted by Gasteiger charge is -2.37. The topological polar surface area (TPSA) is 0 Å². The Morgan fingerprint density at radius 2 is 1.33 bits per heavy atom. The Hall–Kier alpha value is -0.223. The summed E-state index contributed by atoms with van der Waals surface area (Å²) in [7, 11) is -1.58. The van der Waals surface area contributed by atoms with Gasteiger partial charge in [-0.2, -0.15) is 0 Å². The molecule has 0 aliphatic rings. The fourth-order valence-electron chi connectivity index (χ4n) is 2.43. The molecular formula is C11H22Si. The van der Waals surface area contributed by atoms with Crippen molar-refractivity contribution in [2.75, 3.05) is 0 Å². The molecule has 0 aliphatic heterocycles. The van der Waals surface area contributed by atoms with E-state index < -0.39 is 8.07 Å². The van der Waals surface area contributed by atoms with Crippen LogP contribution in [0, 0.1) is 11.9 Å². The van der Waals surface area contributed by atoms with Crippen molar-refractivity contribution in [2.24, 2.45) is 0 Å². The molecular weight excluding hydrogens is 160 g/mol. The summed E-state index contributed by atoms with van der Waals surface area (Å²) in [6.07, 6.45) is 2.41. The van der Waals surface area contributed by atoms with E-state index in [1.807, 2.05) is 0 Å². The highest BCUT2D eigenvalue weighted by Gasteiger charge is 2.41. The Bertz CT molecular complexity index is 186. The van der Waals surface area contributed by atoms with Crippen molar-refractivity contribution in [3.05, 3.63) is 0 Å². The molecule has 0 nitrogen and oxygen atoms in total. The zero-order valence-electron chi connectivity index (χ0n) is 10.2. The Morgan fingerprint density at radius 3 is 1.42 bits per heavy atom. The molecule has 0 bridgehead atoms. The van der Waals surface area contributed by atoms with Gasteiger partial charge in [0.1, 0.15) is 9.44 Å². The minimum absolute atomic E-state index is 0.644. The van der Waals surface area contributed by atoms with Crippen LogP contribution in [0.25, 0.3) is 0 Å². The number of terminal acetylenes is 1. The second-order valence-electron chi connectivity index (χ2n) is 4.52. The average Bonchev–Trinajstić information content (AvgIpc) is 1.97. The second kappa shape index (κ2) is 4.14. The van der Waals surface area contributed by atoms with Gasteiger partial charge in [0, 0.05) is 0 Å². The summed E-state index contributed by atoms with van der Waals surface area (Å²) in [5.41, 5.74) is 5.18. The van der Waals surface area contributed by atoms with E-state index in [0.717, 1.165) is 0 Å². The van der Waals surface area contributed by atoms with Gasteiger partial charge in [-0.3, -0.25) is 0 Å². The van der Waals surface area contributed by atoms with Crippen LogP contribution in [-0.2, 0) is 0 Å². The minimum atomic E-state index is -1.58. The molecule has 0 saturated heterocycles. The third kappa shape index (κ3) is 1.74. The number of hydrogen-bond donors (Lipinski definition) is 0. The highest BCUT2D eigenvalue weighted by molar-refractivity contribution is 6.90. The van der Waals surface area contributed by atoms with Crippen molar-refractivity contribution in [3.8, 4) is 11.9 Å². The van der Waals surface area contributed by atoms with E-state index in [0.29, 0.717) is 16.6 Å². The quantitative estimate of drug-likeness (QED) is 0.461. The molecule has 0 aromatic heterocycles. The molecule has 0 radical (unpaired) electrons. The summed E-state index contributed by atoms with van der Waals surface area (Å²) in [4.78, 5) is 0. The van der Waals surface area contributed by atoms with Crippen LogP contribution in [0.5, 0.6) is 0 Å². The van der Waals surface area contributed by atoms with Crippen LogP contribution in [0.4, 0.5) is 0 Å². The molecule has 12 heavy (non-hydrogen) atoms. The van der Waals surface area contributed by atoms with Gasteiger partial charge in [-0.05, 0) is 16.6 Å². The zero-order valence-corrected chi connectivity index (χ0v) is 10.2. The molecule has 0 aromatic rings. The Balaban J connectivity index is 5.14. The number of hydrogen-bond acceptors (Lipinski definition) is 0. The van der Waals surface area contributed by atoms with Crippen LogP contribution < -0.4 is 0 Å². The maximum atomic E-state index is 7.11. The van der Waals surface area contributed by atoms with Gasteiger partial charge in [0.15, 0.2) is 0 Å². The van der Waals surface area contributed by atoms with Gasteiger partial charge in [-0.15, -0.1) is 11.9 Å². The molecule has 0 saturated carbocycles. The molecule has 0 rings (SSSR count). The smallest absolute Gasteiger partial charge is 0.134 e. The van der Waals surface area contributed by atoms with Crippen molar-refractivity contribution < 1.29 is 1.37 Å². The van der Waals surface area contributed by atoms with Crippen LogP contribution in [0.15, 0.2) is 0 Å². The first-order valence-corrected chi connectivity index (χ1v) is 7.06. The standard InChI is InChI=1S/C11H22Si/c1-8-12(9(2)3,10(4)5)11(6)7/h1,9-11H,2-7H3/i1D. The third-order valence-corrected chi connectivity index (χ3v) is 9.25. The van der Waals surface area contributed by atoms with Crippen molar-refractivity contribution in [1.29, 1.82) is 0 Å². The predicted molar refractivity (Wildman–Crippen MR) is 59.9 cm³/mol. The lowest BCUT2D eigenvalue weighted by molar-refractivity contribution is 0.838. The second-order valence-corrected chi connectivity index (χ2v) is 10.1. The van der Waals surface area contributed by atoms with Crippen molar-refractivity contribution in [3.63, 3.8) is 0 Å². The van der Waals surface area contributed by atoms with Crippen LogP contribution >= 0.6 is 0 Å². The van der Waals surface area contributed by atoms with E-state index in [1.165, 1.54) is 0 Å². The van der Waals surface area contributed by atoms with Crippen molar-refractivity contribution in [1.82, 2.24) is 0 Å². The Kier molecular flexibility index (Phi) is 3.40. The first-order chi connectivity index (χ1) is 5.89. The lowest BCUT2D eigenvalue weighted by Crippen LogP contribution is -2.43.